The van der Waals surface area contributed by atoms with Crippen molar-refractivity contribution in [3.63, 3.8) is 0 Å². The number of aromatic nitrogens is 2. The molecule has 1 aromatic heterocycles. The van der Waals surface area contributed by atoms with Gasteiger partial charge >= 0.3 is 6.18 Å². The minimum absolute atomic E-state index is 0.0217. The summed E-state index contributed by atoms with van der Waals surface area (Å²) in [5.74, 6) is -1.52. The van der Waals surface area contributed by atoms with Gasteiger partial charge in [-0.25, -0.2) is 8.99 Å². The van der Waals surface area contributed by atoms with Crippen LogP contribution >= 0.6 is 0 Å². The molecule has 34 heavy (non-hydrogen) atoms. The van der Waals surface area contributed by atoms with Crippen LogP contribution in [-0.4, -0.2) is 33.7 Å². The van der Waals surface area contributed by atoms with Crippen LogP contribution in [0.25, 0.3) is 0 Å². The second-order valence-corrected chi connectivity index (χ2v) is 9.01. The van der Waals surface area contributed by atoms with E-state index in [9.17, 15) is 22.2 Å². The van der Waals surface area contributed by atoms with Crippen LogP contribution < -0.4 is 14.8 Å². The first-order valence-corrected chi connectivity index (χ1v) is 11.2. The standard InChI is InChI=1S/C21H16F3N5O4S/c1-32-17-8-12(11-25)6-7-16(17)33-20-15(10-18(28-29-20)21(22,23)24)19(30)27-13-4-3-5-14(9-13)34(2,26)31/h3-10,26H,1-2H3,(H,27,30)/t34-/m1/s1. The van der Waals surface area contributed by atoms with Crippen molar-refractivity contribution in [2.45, 2.75) is 11.1 Å². The normalized spacial score (nSPS) is 12.8. The summed E-state index contributed by atoms with van der Waals surface area (Å²) in [6.45, 7) is 0. The highest BCUT2D eigenvalue weighted by Crippen LogP contribution is 2.35. The van der Waals surface area contributed by atoms with Crippen LogP contribution in [0.4, 0.5) is 18.9 Å². The lowest BCUT2D eigenvalue weighted by atomic mass is 10.2. The van der Waals surface area contributed by atoms with Crippen molar-refractivity contribution < 1.29 is 31.6 Å². The Morgan fingerprint density at radius 1 is 1.15 bits per heavy atom. The van der Waals surface area contributed by atoms with E-state index in [1.165, 1.54) is 55.8 Å². The summed E-state index contributed by atoms with van der Waals surface area (Å²) in [5, 5.41) is 17.9. The van der Waals surface area contributed by atoms with Gasteiger partial charge in [-0.15, -0.1) is 10.2 Å². The molecule has 0 aliphatic carbocycles. The first kappa shape index (κ1) is 24.5. The van der Waals surface area contributed by atoms with Gasteiger partial charge in [-0.1, -0.05) is 6.07 Å². The predicted octanol–water partition coefficient (Wildman–Crippen LogP) is 4.46. The largest absolute Gasteiger partial charge is 0.493 e. The number of hydrogen-bond donors (Lipinski definition) is 2. The molecule has 2 N–H and O–H groups in total. The number of nitriles is 1. The van der Waals surface area contributed by atoms with Crippen molar-refractivity contribution in [1.29, 1.82) is 10.0 Å². The number of carbonyl (C=O) groups is 1. The molecule has 0 aliphatic rings. The van der Waals surface area contributed by atoms with Crippen LogP contribution in [0.1, 0.15) is 21.6 Å². The Hall–Kier alpha value is -4.18. The minimum Gasteiger partial charge on any atom is -0.493 e. The Balaban J connectivity index is 2.03. The van der Waals surface area contributed by atoms with Gasteiger partial charge in [-0.05, 0) is 36.4 Å². The number of rotatable bonds is 6. The maximum atomic E-state index is 13.2. The molecule has 0 saturated heterocycles. The van der Waals surface area contributed by atoms with Crippen LogP contribution in [0.15, 0.2) is 53.4 Å². The third-order valence-corrected chi connectivity index (χ3v) is 5.49. The summed E-state index contributed by atoms with van der Waals surface area (Å²) in [6, 6.07) is 12.0. The van der Waals surface area contributed by atoms with Gasteiger partial charge in [0.25, 0.3) is 11.8 Å². The maximum Gasteiger partial charge on any atom is 0.435 e. The molecule has 1 heterocycles. The minimum atomic E-state index is -4.88. The fourth-order valence-corrected chi connectivity index (χ4v) is 3.39. The number of methoxy groups -OCH3 is 1. The smallest absolute Gasteiger partial charge is 0.435 e. The zero-order valence-electron chi connectivity index (χ0n) is 17.6. The Morgan fingerprint density at radius 2 is 1.88 bits per heavy atom. The van der Waals surface area contributed by atoms with Gasteiger partial charge in [0.05, 0.1) is 28.5 Å². The van der Waals surface area contributed by atoms with E-state index in [1.807, 2.05) is 6.07 Å². The topological polar surface area (TPSA) is 138 Å². The fraction of sp³-hybridized carbons (Fsp3) is 0.143. The Labute approximate surface area is 192 Å². The van der Waals surface area contributed by atoms with Crippen molar-refractivity contribution in [3.8, 4) is 23.4 Å². The molecule has 1 atom stereocenters. The number of ether oxygens (including phenoxy) is 2. The molecule has 3 rings (SSSR count). The average molecular weight is 491 g/mol. The summed E-state index contributed by atoms with van der Waals surface area (Å²) >= 11 is 0. The van der Waals surface area contributed by atoms with E-state index < -0.39 is 38.9 Å². The second-order valence-electron chi connectivity index (χ2n) is 6.85. The molecular formula is C21H16F3N5O4S. The van der Waals surface area contributed by atoms with Gasteiger partial charge in [0, 0.05) is 22.9 Å². The van der Waals surface area contributed by atoms with E-state index in [2.05, 4.69) is 15.5 Å². The molecule has 3 aromatic rings. The van der Waals surface area contributed by atoms with E-state index in [0.717, 1.165) is 0 Å². The van der Waals surface area contributed by atoms with Crippen molar-refractivity contribution >= 4 is 21.3 Å². The molecule has 0 unspecified atom stereocenters. The number of benzene rings is 2. The van der Waals surface area contributed by atoms with Gasteiger partial charge in [-0.2, -0.15) is 18.4 Å². The Morgan fingerprint density at radius 3 is 2.50 bits per heavy atom. The first-order chi connectivity index (χ1) is 15.9. The lowest BCUT2D eigenvalue weighted by Crippen LogP contribution is -2.18. The molecule has 0 bridgehead atoms. The van der Waals surface area contributed by atoms with Gasteiger partial charge in [-0.3, -0.25) is 4.79 Å². The molecule has 0 aliphatic heterocycles. The van der Waals surface area contributed by atoms with E-state index in [-0.39, 0.29) is 27.6 Å². The molecule has 176 valence electrons. The van der Waals surface area contributed by atoms with Crippen molar-refractivity contribution in [2.24, 2.45) is 0 Å². The van der Waals surface area contributed by atoms with Crippen molar-refractivity contribution in [1.82, 2.24) is 10.2 Å². The zero-order valence-corrected chi connectivity index (χ0v) is 18.5. The number of hydrogen-bond acceptors (Lipinski definition) is 8. The average Bonchev–Trinajstić information content (AvgIpc) is 2.78. The van der Waals surface area contributed by atoms with Gasteiger partial charge < -0.3 is 14.8 Å². The fourth-order valence-electron chi connectivity index (χ4n) is 2.70. The second kappa shape index (κ2) is 9.36. The molecule has 0 spiro atoms. The van der Waals surface area contributed by atoms with E-state index in [0.29, 0.717) is 6.07 Å². The van der Waals surface area contributed by atoms with E-state index in [4.69, 9.17) is 19.5 Å². The highest BCUT2D eigenvalue weighted by atomic mass is 32.2. The predicted molar refractivity (Wildman–Crippen MR) is 114 cm³/mol. The molecule has 0 fully saturated rings. The number of nitrogens with one attached hydrogen (secondary N) is 2. The third kappa shape index (κ3) is 5.59. The maximum absolute atomic E-state index is 13.2. The molecule has 0 saturated carbocycles. The number of alkyl halides is 3. The molecule has 1 amide bonds. The third-order valence-electron chi connectivity index (χ3n) is 4.34. The Bertz CT molecular complexity index is 1400. The summed E-state index contributed by atoms with van der Waals surface area (Å²) in [4.78, 5) is 13.0. The summed E-state index contributed by atoms with van der Waals surface area (Å²) < 4.78 is 70.0. The lowest BCUT2D eigenvalue weighted by Gasteiger charge is -2.14. The number of carbonyl (C=O) groups excluding carboxylic acids is 1. The van der Waals surface area contributed by atoms with Gasteiger partial charge in [0.2, 0.25) is 0 Å². The van der Waals surface area contributed by atoms with Gasteiger partial charge in [0.1, 0.15) is 5.56 Å². The van der Waals surface area contributed by atoms with Crippen molar-refractivity contribution in [3.05, 3.63) is 65.4 Å². The number of nitrogens with zero attached hydrogens (tertiary/aromatic N) is 3. The van der Waals surface area contributed by atoms with E-state index in [1.54, 1.807) is 0 Å². The molecule has 13 heteroatoms. The zero-order chi connectivity index (χ0) is 25.1. The molecule has 0 radical (unpaired) electrons. The highest BCUT2D eigenvalue weighted by molar-refractivity contribution is 7.91. The van der Waals surface area contributed by atoms with Crippen LogP contribution in [0.3, 0.4) is 0 Å². The molecular weight excluding hydrogens is 475 g/mol. The molecule has 2 aromatic carbocycles. The SMILES string of the molecule is COc1cc(C#N)ccc1Oc1nnc(C(F)(F)F)cc1C(=O)Nc1cccc([S@](C)(=N)=O)c1. The summed E-state index contributed by atoms with van der Waals surface area (Å²) in [7, 11) is -1.81. The van der Waals surface area contributed by atoms with Gasteiger partial charge in [0.15, 0.2) is 17.2 Å². The van der Waals surface area contributed by atoms with Crippen LogP contribution in [-0.2, 0) is 15.9 Å². The lowest BCUT2D eigenvalue weighted by molar-refractivity contribution is -0.141. The highest BCUT2D eigenvalue weighted by Gasteiger charge is 2.35. The Kier molecular flexibility index (Phi) is 6.73. The quantitative estimate of drug-likeness (QED) is 0.519. The number of amides is 1. The molecule has 9 nitrogen and oxygen atoms in total. The number of anilines is 1. The summed E-state index contributed by atoms with van der Waals surface area (Å²) in [6.07, 6.45) is -3.70. The van der Waals surface area contributed by atoms with Crippen molar-refractivity contribution in [2.75, 3.05) is 18.7 Å². The first-order valence-electron chi connectivity index (χ1n) is 9.28. The summed E-state index contributed by atoms with van der Waals surface area (Å²) in [5.41, 5.74) is -1.69. The monoisotopic (exact) mass is 491 g/mol. The van der Waals surface area contributed by atoms with E-state index >= 15 is 0 Å². The van der Waals surface area contributed by atoms with Crippen LogP contribution in [0.5, 0.6) is 17.4 Å². The van der Waals surface area contributed by atoms with Crippen LogP contribution in [0.2, 0.25) is 0 Å². The number of halogens is 3. The van der Waals surface area contributed by atoms with Crippen LogP contribution in [0, 0.1) is 16.1 Å².